The second-order valence-electron chi connectivity index (χ2n) is 9.88. The van der Waals surface area contributed by atoms with Gasteiger partial charge in [0.1, 0.15) is 0 Å². The first-order valence-electron chi connectivity index (χ1n) is 11.7. The van der Waals surface area contributed by atoms with E-state index < -0.39 is 17.3 Å². The zero-order valence-electron chi connectivity index (χ0n) is 21.3. The Morgan fingerprint density at radius 2 is 1.84 bits per heavy atom. The molecule has 11 heteroatoms. The molecule has 196 valence electrons. The number of carbonyl (C=O) groups excluding carboxylic acids is 2. The number of fused-ring (bicyclic) bond motifs is 1. The van der Waals surface area contributed by atoms with Gasteiger partial charge in [-0.1, -0.05) is 26.8 Å². The highest BCUT2D eigenvalue weighted by Gasteiger charge is 2.42. The van der Waals surface area contributed by atoms with Crippen molar-refractivity contribution in [2.45, 2.75) is 39.9 Å². The first-order chi connectivity index (χ1) is 17.3. The molecule has 2 amide bonds. The number of hydrogen-bond donors (Lipinski definition) is 0. The minimum absolute atomic E-state index is 0.0190. The number of halogens is 3. The first-order valence-corrected chi connectivity index (χ1v) is 11.7. The number of nitrogens with zero attached hydrogens (tertiary/aromatic N) is 5. The van der Waals surface area contributed by atoms with E-state index >= 15 is 0 Å². The molecule has 1 aliphatic rings. The van der Waals surface area contributed by atoms with Crippen molar-refractivity contribution in [2.75, 3.05) is 25.6 Å². The first kappa shape index (κ1) is 26.2. The maximum absolute atomic E-state index is 14.0. The fourth-order valence-corrected chi connectivity index (χ4v) is 4.28. The predicted molar refractivity (Wildman–Crippen MR) is 131 cm³/mol. The van der Waals surface area contributed by atoms with Gasteiger partial charge in [0, 0.05) is 49.2 Å². The second-order valence-corrected chi connectivity index (χ2v) is 9.88. The smallest absolute Gasteiger partial charge is 0.435 e. The van der Waals surface area contributed by atoms with Crippen molar-refractivity contribution >= 4 is 17.5 Å². The number of benzene rings is 1. The van der Waals surface area contributed by atoms with Crippen LogP contribution in [0.3, 0.4) is 0 Å². The van der Waals surface area contributed by atoms with E-state index in [0.717, 1.165) is 0 Å². The lowest BCUT2D eigenvalue weighted by Gasteiger charge is -2.33. The van der Waals surface area contributed by atoms with Crippen molar-refractivity contribution in [3.05, 3.63) is 65.1 Å². The van der Waals surface area contributed by atoms with Crippen LogP contribution in [0, 0.1) is 5.41 Å². The predicted octanol–water partition coefficient (Wildman–Crippen LogP) is 4.50. The minimum atomic E-state index is -4.70. The number of hydrogen-bond acceptors (Lipinski definition) is 5. The molecule has 0 saturated heterocycles. The van der Waals surface area contributed by atoms with E-state index in [0.29, 0.717) is 22.9 Å². The Balaban J connectivity index is 1.69. The van der Waals surface area contributed by atoms with Crippen molar-refractivity contribution in [3.63, 3.8) is 0 Å². The Morgan fingerprint density at radius 1 is 1.11 bits per heavy atom. The zero-order valence-corrected chi connectivity index (χ0v) is 21.3. The number of carbonyl (C=O) groups is 2. The molecule has 8 nitrogen and oxygen atoms in total. The summed E-state index contributed by atoms with van der Waals surface area (Å²) >= 11 is 0. The Kier molecular flexibility index (Phi) is 6.74. The molecular formula is C26H28F3N5O3. The summed E-state index contributed by atoms with van der Waals surface area (Å²) in [7, 11) is 3.07. The summed E-state index contributed by atoms with van der Waals surface area (Å²) in [4.78, 5) is 32.9. The van der Waals surface area contributed by atoms with Crippen LogP contribution >= 0.6 is 0 Å². The van der Waals surface area contributed by atoms with E-state index in [4.69, 9.17) is 4.74 Å². The molecule has 0 bridgehead atoms. The molecule has 0 aliphatic carbocycles. The van der Waals surface area contributed by atoms with Crippen LogP contribution in [-0.4, -0.2) is 52.2 Å². The van der Waals surface area contributed by atoms with E-state index in [9.17, 15) is 22.8 Å². The van der Waals surface area contributed by atoms with Crippen molar-refractivity contribution in [1.82, 2.24) is 19.7 Å². The Bertz CT molecular complexity index is 1330. The highest BCUT2D eigenvalue weighted by atomic mass is 19.4. The lowest BCUT2D eigenvalue weighted by atomic mass is 9.93. The van der Waals surface area contributed by atoms with Crippen LogP contribution in [-0.2, 0) is 23.9 Å². The summed E-state index contributed by atoms with van der Waals surface area (Å²) in [5, 5.41) is 3.92. The molecule has 0 N–H and O–H groups in total. The van der Waals surface area contributed by atoms with Crippen LogP contribution in [0.15, 0.2) is 42.6 Å². The molecule has 0 saturated carbocycles. The summed E-state index contributed by atoms with van der Waals surface area (Å²) in [5.41, 5.74) is -0.255. The van der Waals surface area contributed by atoms with Gasteiger partial charge in [0.05, 0.1) is 30.4 Å². The topological polar surface area (TPSA) is 80.6 Å². The van der Waals surface area contributed by atoms with Gasteiger partial charge in [-0.3, -0.25) is 9.59 Å². The minimum Gasteiger partial charge on any atom is -0.481 e. The van der Waals surface area contributed by atoms with Gasteiger partial charge in [-0.25, -0.2) is 9.67 Å². The van der Waals surface area contributed by atoms with Crippen LogP contribution in [0.4, 0.5) is 18.9 Å². The highest BCUT2D eigenvalue weighted by Crippen LogP contribution is 2.37. The van der Waals surface area contributed by atoms with E-state index in [2.05, 4.69) is 10.1 Å². The van der Waals surface area contributed by atoms with Gasteiger partial charge < -0.3 is 14.5 Å². The van der Waals surface area contributed by atoms with Crippen LogP contribution in [0.5, 0.6) is 5.88 Å². The standard InChI is InChI=1S/C26H28F3N5O3/c1-25(2,3)24(36)33-12-11-20-19(15-33)22(26(27,28)29)31-34(20)17-8-6-7-16(13-17)23(35)32(4)18-9-10-21(37-5)30-14-18/h6-10,13-14H,11-12,15H2,1-5H3. The summed E-state index contributed by atoms with van der Waals surface area (Å²) in [6, 6.07) is 9.60. The average molecular weight is 516 g/mol. The molecule has 37 heavy (non-hydrogen) atoms. The number of ether oxygens (including phenoxy) is 1. The lowest BCUT2D eigenvalue weighted by molar-refractivity contribution is -0.145. The van der Waals surface area contributed by atoms with Crippen molar-refractivity contribution < 1.29 is 27.5 Å². The summed E-state index contributed by atoms with van der Waals surface area (Å²) in [6.07, 6.45) is -3.00. The maximum Gasteiger partial charge on any atom is 0.435 e. The molecule has 0 atom stereocenters. The van der Waals surface area contributed by atoms with E-state index in [1.165, 1.54) is 33.9 Å². The normalized spacial score (nSPS) is 13.8. The van der Waals surface area contributed by atoms with Gasteiger partial charge >= 0.3 is 6.18 Å². The highest BCUT2D eigenvalue weighted by molar-refractivity contribution is 6.06. The van der Waals surface area contributed by atoms with Crippen molar-refractivity contribution in [3.8, 4) is 11.6 Å². The number of alkyl halides is 3. The summed E-state index contributed by atoms with van der Waals surface area (Å²) < 4.78 is 48.2. The molecule has 1 aromatic carbocycles. The van der Waals surface area contributed by atoms with Crippen LogP contribution in [0.1, 0.15) is 48.1 Å². The number of anilines is 1. The van der Waals surface area contributed by atoms with Crippen molar-refractivity contribution in [2.24, 2.45) is 5.41 Å². The Hall–Kier alpha value is -3.89. The summed E-state index contributed by atoms with van der Waals surface area (Å²) in [5.74, 6) is -0.186. The van der Waals surface area contributed by atoms with E-state index in [1.54, 1.807) is 58.2 Å². The monoisotopic (exact) mass is 515 g/mol. The fraction of sp³-hybridized carbons (Fsp3) is 0.385. The van der Waals surface area contributed by atoms with Gasteiger partial charge in [0.2, 0.25) is 11.8 Å². The molecule has 2 aromatic heterocycles. The maximum atomic E-state index is 14.0. The lowest BCUT2D eigenvalue weighted by Crippen LogP contribution is -2.42. The molecular weight excluding hydrogens is 487 g/mol. The van der Waals surface area contributed by atoms with Gasteiger partial charge in [0.15, 0.2) is 5.69 Å². The largest absolute Gasteiger partial charge is 0.481 e. The van der Waals surface area contributed by atoms with Crippen molar-refractivity contribution in [1.29, 1.82) is 0 Å². The molecule has 3 heterocycles. The molecule has 0 spiro atoms. The number of pyridine rings is 1. The van der Waals surface area contributed by atoms with Crippen LogP contribution < -0.4 is 9.64 Å². The molecule has 0 unspecified atom stereocenters. The van der Waals surface area contributed by atoms with Gasteiger partial charge in [-0.15, -0.1) is 0 Å². The number of methoxy groups -OCH3 is 1. The van der Waals surface area contributed by atoms with Gasteiger partial charge in [-0.05, 0) is 24.3 Å². The van der Waals surface area contributed by atoms with E-state index in [-0.39, 0.29) is 42.5 Å². The Labute approximate surface area is 212 Å². The molecule has 0 fully saturated rings. The SMILES string of the molecule is COc1ccc(N(C)C(=O)c2cccc(-n3nc(C(F)(F)F)c4c3CCN(C(=O)C(C)(C)C)C4)c2)cn1. The quantitative estimate of drug-likeness (QED) is 0.511. The summed E-state index contributed by atoms with van der Waals surface area (Å²) in [6.45, 7) is 5.31. The van der Waals surface area contributed by atoms with Crippen LogP contribution in [0.2, 0.25) is 0 Å². The second kappa shape index (κ2) is 9.53. The molecule has 0 radical (unpaired) electrons. The van der Waals surface area contributed by atoms with Crippen LogP contribution in [0.25, 0.3) is 5.69 Å². The number of amides is 2. The zero-order chi connectivity index (χ0) is 27.1. The molecule has 4 rings (SSSR count). The van der Waals surface area contributed by atoms with Gasteiger partial charge in [-0.2, -0.15) is 18.3 Å². The fourth-order valence-electron chi connectivity index (χ4n) is 4.28. The third-order valence-corrected chi connectivity index (χ3v) is 6.21. The average Bonchev–Trinajstić information content (AvgIpc) is 3.26. The molecule has 3 aromatic rings. The number of rotatable bonds is 4. The molecule has 1 aliphatic heterocycles. The third-order valence-electron chi connectivity index (χ3n) is 6.21. The third kappa shape index (κ3) is 5.16. The van der Waals surface area contributed by atoms with Gasteiger partial charge in [0.25, 0.3) is 5.91 Å². The Morgan fingerprint density at radius 3 is 2.43 bits per heavy atom. The van der Waals surface area contributed by atoms with E-state index in [1.807, 2.05) is 0 Å². The number of aromatic nitrogens is 3.